The second-order valence-corrected chi connectivity index (χ2v) is 18.2. The van der Waals surface area contributed by atoms with Gasteiger partial charge in [0.05, 0.1) is 25.7 Å². The molecule has 72 valence electrons. The molecule has 1 aliphatic rings. The SMILES string of the molecule is C[Si](C)(C)C1=CC=C([Si](C)(C)C)[Si]1. The first-order valence-corrected chi connectivity index (χ1v) is 12.9. The summed E-state index contributed by atoms with van der Waals surface area (Å²) in [4.78, 5) is 3.54. The minimum absolute atomic E-state index is 1.00. The van der Waals surface area contributed by atoms with Crippen LogP contribution in [-0.2, 0) is 0 Å². The highest BCUT2D eigenvalue weighted by atomic mass is 28.4. The number of hydrogen-bond acceptors (Lipinski definition) is 0. The summed E-state index contributed by atoms with van der Waals surface area (Å²) in [5.41, 5.74) is 0. The van der Waals surface area contributed by atoms with Crippen LogP contribution < -0.4 is 0 Å². The van der Waals surface area contributed by atoms with Gasteiger partial charge >= 0.3 is 0 Å². The maximum Gasteiger partial charge on any atom is 0.0994 e. The zero-order valence-corrected chi connectivity index (χ0v) is 12.7. The Bertz CT molecular complexity index is 233. The Morgan fingerprint density at radius 3 is 1.23 bits per heavy atom. The van der Waals surface area contributed by atoms with Crippen LogP contribution in [0.2, 0.25) is 39.3 Å². The van der Waals surface area contributed by atoms with E-state index in [0.29, 0.717) is 0 Å². The van der Waals surface area contributed by atoms with Crippen molar-refractivity contribution in [3.8, 4) is 0 Å². The average Bonchev–Trinajstić information content (AvgIpc) is 2.28. The van der Waals surface area contributed by atoms with E-state index in [1.807, 2.05) is 0 Å². The Hall–Kier alpha value is 0.131. The number of rotatable bonds is 2. The van der Waals surface area contributed by atoms with Crippen molar-refractivity contribution >= 4 is 25.7 Å². The molecule has 0 saturated heterocycles. The van der Waals surface area contributed by atoms with Gasteiger partial charge in [-0.05, 0) is 0 Å². The lowest BCUT2D eigenvalue weighted by atomic mass is 10.6. The van der Waals surface area contributed by atoms with Gasteiger partial charge in [0.25, 0.3) is 0 Å². The van der Waals surface area contributed by atoms with Crippen LogP contribution >= 0.6 is 0 Å². The molecule has 0 nitrogen and oxygen atoms in total. The Balaban J connectivity index is 2.71. The molecule has 1 rings (SSSR count). The fourth-order valence-electron chi connectivity index (χ4n) is 1.27. The fourth-order valence-corrected chi connectivity index (χ4v) is 7.24. The average molecular weight is 225 g/mol. The third-order valence-corrected chi connectivity index (χ3v) is 12.0. The topological polar surface area (TPSA) is 0 Å². The van der Waals surface area contributed by atoms with Gasteiger partial charge in [-0.2, -0.15) is 0 Å². The number of hydrogen-bond donors (Lipinski definition) is 0. The predicted octanol–water partition coefficient (Wildman–Crippen LogP) is 3.23. The van der Waals surface area contributed by atoms with Crippen molar-refractivity contribution in [2.24, 2.45) is 0 Å². The molecule has 0 aromatic heterocycles. The van der Waals surface area contributed by atoms with Gasteiger partial charge in [0.15, 0.2) is 0 Å². The zero-order chi connectivity index (χ0) is 10.3. The minimum Gasteiger partial charge on any atom is -0.0900 e. The Kier molecular flexibility index (Phi) is 2.90. The van der Waals surface area contributed by atoms with Crippen LogP contribution in [0, 0.1) is 0 Å². The first-order valence-electron chi connectivity index (χ1n) is 4.91. The summed E-state index contributed by atoms with van der Waals surface area (Å²) in [6, 6.07) is 0. The normalized spacial score (nSPS) is 18.6. The molecule has 1 heterocycles. The molecule has 0 aliphatic carbocycles. The molecule has 0 amide bonds. The quantitative estimate of drug-likeness (QED) is 0.632. The monoisotopic (exact) mass is 224 g/mol. The van der Waals surface area contributed by atoms with Crippen molar-refractivity contribution < 1.29 is 0 Å². The van der Waals surface area contributed by atoms with Gasteiger partial charge in [0.1, 0.15) is 0 Å². The van der Waals surface area contributed by atoms with Crippen molar-refractivity contribution in [3.05, 3.63) is 21.8 Å². The first kappa shape index (κ1) is 11.2. The van der Waals surface area contributed by atoms with E-state index in [4.69, 9.17) is 0 Å². The van der Waals surface area contributed by atoms with Crippen LogP contribution in [0.1, 0.15) is 0 Å². The summed E-state index contributed by atoms with van der Waals surface area (Å²) < 4.78 is 0. The molecule has 1 aliphatic heterocycles. The van der Waals surface area contributed by atoms with Crippen molar-refractivity contribution in [2.75, 3.05) is 0 Å². The molecule has 0 aromatic rings. The molecule has 0 aromatic carbocycles. The van der Waals surface area contributed by atoms with Crippen molar-refractivity contribution in [3.63, 3.8) is 0 Å². The molecule has 0 N–H and O–H groups in total. The molecule has 2 radical (unpaired) electrons. The molecular formula is C10H20Si3. The summed E-state index contributed by atoms with van der Waals surface area (Å²) in [5.74, 6) is 0. The van der Waals surface area contributed by atoms with E-state index in [1.54, 1.807) is 9.64 Å². The lowest BCUT2D eigenvalue weighted by Gasteiger charge is -2.22. The van der Waals surface area contributed by atoms with Crippen LogP contribution in [0.25, 0.3) is 0 Å². The third-order valence-electron chi connectivity index (χ3n) is 2.30. The maximum absolute atomic E-state index is 2.45. The van der Waals surface area contributed by atoms with Crippen LogP contribution in [0.15, 0.2) is 21.8 Å². The second-order valence-electron chi connectivity index (χ2n) is 5.79. The molecule has 13 heavy (non-hydrogen) atoms. The lowest BCUT2D eigenvalue weighted by molar-refractivity contribution is 1.73. The van der Waals surface area contributed by atoms with E-state index in [1.165, 1.54) is 0 Å². The standard InChI is InChI=1S/C10H20Si3/c1-12(2,3)9-7-8-10(11-9)13(4,5)6/h7-8H,1-6H3. The van der Waals surface area contributed by atoms with E-state index in [2.05, 4.69) is 51.4 Å². The van der Waals surface area contributed by atoms with Gasteiger partial charge in [-0.15, -0.1) is 0 Å². The highest BCUT2D eigenvalue weighted by Crippen LogP contribution is 2.25. The van der Waals surface area contributed by atoms with Crippen molar-refractivity contribution in [2.45, 2.75) is 39.3 Å². The first-order chi connectivity index (χ1) is 5.71. The number of allylic oxidation sites excluding steroid dienone is 2. The molecule has 3 heteroatoms. The summed E-state index contributed by atoms with van der Waals surface area (Å²) >= 11 is 0. The highest BCUT2D eigenvalue weighted by Gasteiger charge is 2.28. The smallest absolute Gasteiger partial charge is 0.0900 e. The Morgan fingerprint density at radius 1 is 0.769 bits per heavy atom. The molecular weight excluding hydrogens is 204 g/mol. The predicted molar refractivity (Wildman–Crippen MR) is 68.6 cm³/mol. The summed E-state index contributed by atoms with van der Waals surface area (Å²) in [6.45, 7) is 14.7. The summed E-state index contributed by atoms with van der Waals surface area (Å²) in [6.07, 6.45) is 4.83. The van der Waals surface area contributed by atoms with Gasteiger partial charge in [-0.1, -0.05) is 61.1 Å². The second kappa shape index (κ2) is 3.37. The van der Waals surface area contributed by atoms with E-state index in [-0.39, 0.29) is 0 Å². The van der Waals surface area contributed by atoms with E-state index >= 15 is 0 Å². The zero-order valence-electron chi connectivity index (χ0n) is 9.65. The molecule has 0 unspecified atom stereocenters. The largest absolute Gasteiger partial charge is 0.0994 e. The van der Waals surface area contributed by atoms with E-state index in [0.717, 1.165) is 9.52 Å². The molecule has 0 saturated carbocycles. The van der Waals surface area contributed by atoms with Gasteiger partial charge in [0, 0.05) is 0 Å². The van der Waals surface area contributed by atoms with Crippen LogP contribution in [-0.4, -0.2) is 25.7 Å². The molecule has 0 atom stereocenters. The van der Waals surface area contributed by atoms with Gasteiger partial charge in [-0.25, -0.2) is 0 Å². The lowest BCUT2D eigenvalue weighted by Crippen LogP contribution is -2.32. The molecule has 0 fully saturated rings. The third kappa shape index (κ3) is 2.79. The Morgan fingerprint density at radius 2 is 1.08 bits per heavy atom. The fraction of sp³-hybridized carbons (Fsp3) is 0.600. The maximum atomic E-state index is 2.45. The van der Waals surface area contributed by atoms with Crippen molar-refractivity contribution in [1.29, 1.82) is 0 Å². The van der Waals surface area contributed by atoms with Crippen LogP contribution in [0.4, 0.5) is 0 Å². The van der Waals surface area contributed by atoms with Gasteiger partial charge in [0.2, 0.25) is 0 Å². The Labute approximate surface area is 87.0 Å². The van der Waals surface area contributed by atoms with Gasteiger partial charge < -0.3 is 0 Å². The van der Waals surface area contributed by atoms with Crippen LogP contribution in [0.5, 0.6) is 0 Å². The van der Waals surface area contributed by atoms with E-state index < -0.39 is 16.1 Å². The van der Waals surface area contributed by atoms with Gasteiger partial charge in [-0.3, -0.25) is 0 Å². The van der Waals surface area contributed by atoms with Crippen LogP contribution in [0.3, 0.4) is 0 Å². The highest BCUT2D eigenvalue weighted by molar-refractivity contribution is 7.03. The van der Waals surface area contributed by atoms with E-state index in [9.17, 15) is 0 Å². The summed E-state index contributed by atoms with van der Waals surface area (Å²) in [5, 5.41) is 0. The minimum atomic E-state index is -1.00. The van der Waals surface area contributed by atoms with Crippen molar-refractivity contribution in [1.82, 2.24) is 0 Å². The summed E-state index contributed by atoms with van der Waals surface area (Å²) in [7, 11) is -0.963. The molecule has 0 bridgehead atoms. The molecule has 0 spiro atoms.